The second kappa shape index (κ2) is 4.76. The second-order valence-electron chi connectivity index (χ2n) is 7.68. The largest absolute Gasteiger partial charge is 0.390 e. The molecule has 0 fully saturated rings. The van der Waals surface area contributed by atoms with Crippen LogP contribution in [-0.2, 0) is 11.8 Å². The molecule has 4 heteroatoms. The Morgan fingerprint density at radius 3 is 2.45 bits per heavy atom. The first-order valence-electron chi connectivity index (χ1n) is 7.26. The SMILES string of the molecule is CC(C)NC(=O)c1c(N)sc2c1CC(C)(C)CC2(C)C. The first-order chi connectivity index (χ1) is 9.03. The van der Waals surface area contributed by atoms with E-state index < -0.39 is 0 Å². The van der Waals surface area contributed by atoms with Gasteiger partial charge in [0.05, 0.1) is 10.6 Å². The number of amides is 1. The van der Waals surface area contributed by atoms with Crippen molar-refractivity contribution in [1.29, 1.82) is 0 Å². The Morgan fingerprint density at radius 1 is 1.30 bits per heavy atom. The number of carbonyl (C=O) groups excluding carboxylic acids is 1. The van der Waals surface area contributed by atoms with Gasteiger partial charge in [-0.1, -0.05) is 27.7 Å². The highest BCUT2D eigenvalue weighted by Crippen LogP contribution is 2.51. The van der Waals surface area contributed by atoms with E-state index in [9.17, 15) is 4.79 Å². The molecule has 0 spiro atoms. The van der Waals surface area contributed by atoms with Crippen molar-refractivity contribution in [3.8, 4) is 0 Å². The van der Waals surface area contributed by atoms with Gasteiger partial charge in [-0.15, -0.1) is 11.3 Å². The lowest BCUT2D eigenvalue weighted by Crippen LogP contribution is -2.36. The molecule has 1 amide bonds. The summed E-state index contributed by atoms with van der Waals surface area (Å²) in [4.78, 5) is 13.7. The smallest absolute Gasteiger partial charge is 0.254 e. The number of nitrogen functional groups attached to an aromatic ring is 1. The van der Waals surface area contributed by atoms with Crippen LogP contribution in [0, 0.1) is 5.41 Å². The van der Waals surface area contributed by atoms with E-state index in [4.69, 9.17) is 5.73 Å². The summed E-state index contributed by atoms with van der Waals surface area (Å²) in [6.45, 7) is 13.0. The summed E-state index contributed by atoms with van der Waals surface area (Å²) in [6.07, 6.45) is 2.05. The molecule has 3 N–H and O–H groups in total. The van der Waals surface area contributed by atoms with Gasteiger partial charge in [-0.3, -0.25) is 4.79 Å². The normalized spacial score (nSPS) is 19.8. The lowest BCUT2D eigenvalue weighted by molar-refractivity contribution is 0.0942. The molecule has 1 heterocycles. The summed E-state index contributed by atoms with van der Waals surface area (Å²) >= 11 is 1.60. The predicted molar refractivity (Wildman–Crippen MR) is 86.5 cm³/mol. The van der Waals surface area contributed by atoms with Crippen molar-refractivity contribution in [1.82, 2.24) is 5.32 Å². The van der Waals surface area contributed by atoms with Crippen molar-refractivity contribution in [3.63, 3.8) is 0 Å². The van der Waals surface area contributed by atoms with E-state index in [1.807, 2.05) is 13.8 Å². The van der Waals surface area contributed by atoms with Crippen molar-refractivity contribution >= 4 is 22.2 Å². The Labute approximate surface area is 125 Å². The van der Waals surface area contributed by atoms with Gasteiger partial charge in [0.15, 0.2) is 0 Å². The average molecular weight is 294 g/mol. The van der Waals surface area contributed by atoms with E-state index >= 15 is 0 Å². The Morgan fingerprint density at radius 2 is 1.90 bits per heavy atom. The topological polar surface area (TPSA) is 55.1 Å². The zero-order valence-corrected chi connectivity index (χ0v) is 14.2. The molecule has 1 aliphatic carbocycles. The second-order valence-corrected chi connectivity index (χ2v) is 8.73. The Bertz CT molecular complexity index is 541. The quantitative estimate of drug-likeness (QED) is 0.873. The number of hydrogen-bond acceptors (Lipinski definition) is 3. The Hall–Kier alpha value is -1.03. The molecule has 2 rings (SSSR count). The minimum absolute atomic E-state index is 0.0245. The Kier molecular flexibility index (Phi) is 3.66. The van der Waals surface area contributed by atoms with Crippen LogP contribution >= 0.6 is 11.3 Å². The molecule has 0 bridgehead atoms. The van der Waals surface area contributed by atoms with Crippen LogP contribution in [0.2, 0.25) is 0 Å². The van der Waals surface area contributed by atoms with E-state index in [0.717, 1.165) is 18.4 Å². The van der Waals surface area contributed by atoms with Gasteiger partial charge in [0.25, 0.3) is 5.91 Å². The third kappa shape index (κ3) is 2.71. The molecule has 1 aromatic heterocycles. The highest BCUT2D eigenvalue weighted by Gasteiger charge is 2.41. The molecular formula is C16H26N2OS. The maximum absolute atomic E-state index is 12.4. The van der Waals surface area contributed by atoms with Gasteiger partial charge >= 0.3 is 0 Å². The first-order valence-corrected chi connectivity index (χ1v) is 8.08. The molecule has 0 atom stereocenters. The molecule has 3 nitrogen and oxygen atoms in total. The number of anilines is 1. The van der Waals surface area contributed by atoms with Crippen LogP contribution in [-0.4, -0.2) is 11.9 Å². The number of carbonyl (C=O) groups is 1. The number of nitrogens with one attached hydrogen (secondary N) is 1. The van der Waals surface area contributed by atoms with Gasteiger partial charge < -0.3 is 11.1 Å². The number of hydrogen-bond donors (Lipinski definition) is 2. The number of rotatable bonds is 2. The van der Waals surface area contributed by atoms with Gasteiger partial charge in [0.2, 0.25) is 0 Å². The van der Waals surface area contributed by atoms with Crippen LogP contribution in [0.15, 0.2) is 0 Å². The zero-order chi connectivity index (χ0) is 15.3. The van der Waals surface area contributed by atoms with Crippen LogP contribution < -0.4 is 11.1 Å². The lowest BCUT2D eigenvalue weighted by Gasteiger charge is -2.40. The molecule has 0 radical (unpaired) electrons. The average Bonchev–Trinajstić information content (AvgIpc) is 2.51. The van der Waals surface area contributed by atoms with Crippen molar-refractivity contribution in [2.24, 2.45) is 5.41 Å². The first kappa shape index (κ1) is 15.4. The summed E-state index contributed by atoms with van der Waals surface area (Å²) in [5, 5.41) is 3.64. The lowest BCUT2D eigenvalue weighted by atomic mass is 9.65. The van der Waals surface area contributed by atoms with Crippen LogP contribution in [0.1, 0.15) is 68.8 Å². The third-order valence-corrected chi connectivity index (χ3v) is 5.30. The van der Waals surface area contributed by atoms with Crippen LogP contribution in [0.3, 0.4) is 0 Å². The predicted octanol–water partition coefficient (Wildman–Crippen LogP) is 3.72. The van der Waals surface area contributed by atoms with Crippen molar-refractivity contribution < 1.29 is 4.79 Å². The molecule has 0 saturated heterocycles. The van der Waals surface area contributed by atoms with Crippen molar-refractivity contribution in [2.75, 3.05) is 5.73 Å². The van der Waals surface area contributed by atoms with Crippen LogP contribution in [0.25, 0.3) is 0 Å². The van der Waals surface area contributed by atoms with Gasteiger partial charge in [-0.2, -0.15) is 0 Å². The van der Waals surface area contributed by atoms with E-state index in [1.54, 1.807) is 11.3 Å². The van der Waals surface area contributed by atoms with Gasteiger partial charge in [-0.25, -0.2) is 0 Å². The molecule has 0 aromatic carbocycles. The summed E-state index contributed by atoms with van der Waals surface area (Å²) in [7, 11) is 0. The van der Waals surface area contributed by atoms with Crippen molar-refractivity contribution in [3.05, 3.63) is 16.0 Å². The van der Waals surface area contributed by atoms with E-state index in [2.05, 4.69) is 33.0 Å². The molecule has 1 aromatic rings. The summed E-state index contributed by atoms with van der Waals surface area (Å²) in [5.74, 6) is -0.0245. The highest BCUT2D eigenvalue weighted by atomic mass is 32.1. The highest BCUT2D eigenvalue weighted by molar-refractivity contribution is 7.16. The van der Waals surface area contributed by atoms with E-state index in [0.29, 0.717) is 5.00 Å². The van der Waals surface area contributed by atoms with E-state index in [-0.39, 0.29) is 22.8 Å². The molecule has 20 heavy (non-hydrogen) atoms. The van der Waals surface area contributed by atoms with Gasteiger partial charge in [0.1, 0.15) is 0 Å². The summed E-state index contributed by atoms with van der Waals surface area (Å²) < 4.78 is 0. The number of fused-ring (bicyclic) bond motifs is 1. The number of thiophene rings is 1. The molecule has 1 aliphatic rings. The zero-order valence-electron chi connectivity index (χ0n) is 13.4. The molecule has 0 aliphatic heterocycles. The maximum atomic E-state index is 12.4. The molecule has 112 valence electrons. The monoisotopic (exact) mass is 294 g/mol. The summed E-state index contributed by atoms with van der Waals surface area (Å²) in [5.41, 5.74) is 8.35. The van der Waals surface area contributed by atoms with Gasteiger partial charge in [-0.05, 0) is 43.1 Å². The Balaban J connectivity index is 2.52. The van der Waals surface area contributed by atoms with E-state index in [1.165, 1.54) is 10.4 Å². The fourth-order valence-electron chi connectivity index (χ4n) is 3.60. The maximum Gasteiger partial charge on any atom is 0.254 e. The fourth-order valence-corrected chi connectivity index (χ4v) is 4.78. The summed E-state index contributed by atoms with van der Waals surface area (Å²) in [6, 6.07) is 0.127. The molecule has 0 unspecified atom stereocenters. The van der Waals surface area contributed by atoms with Crippen molar-refractivity contribution in [2.45, 2.75) is 65.8 Å². The minimum atomic E-state index is -0.0245. The third-order valence-electron chi connectivity index (χ3n) is 3.87. The fraction of sp³-hybridized carbons (Fsp3) is 0.688. The standard InChI is InChI=1S/C16H26N2OS/c1-9(2)18-14(19)11-10-7-15(3,4)8-16(5,6)12(10)20-13(11)17/h9H,7-8,17H2,1-6H3,(H,18,19). The molecule has 0 saturated carbocycles. The van der Waals surface area contributed by atoms with Crippen LogP contribution in [0.5, 0.6) is 0 Å². The van der Waals surface area contributed by atoms with Gasteiger partial charge in [0, 0.05) is 10.9 Å². The van der Waals surface area contributed by atoms with Crippen LogP contribution in [0.4, 0.5) is 5.00 Å². The minimum Gasteiger partial charge on any atom is -0.390 e. The number of nitrogens with two attached hydrogens (primary N) is 1. The molecular weight excluding hydrogens is 268 g/mol.